The summed E-state index contributed by atoms with van der Waals surface area (Å²) in [7, 11) is 1.43. The van der Waals surface area contributed by atoms with Gasteiger partial charge in [0.05, 0.1) is 19.1 Å². The number of amides is 3. The third-order valence-electron chi connectivity index (χ3n) is 8.28. The van der Waals surface area contributed by atoms with Gasteiger partial charge in [-0.3, -0.25) is 19.2 Å². The predicted octanol–water partition coefficient (Wildman–Crippen LogP) is 6.04. The van der Waals surface area contributed by atoms with Gasteiger partial charge in [0.1, 0.15) is 17.8 Å². The van der Waals surface area contributed by atoms with Crippen LogP contribution in [0.2, 0.25) is 5.02 Å². The van der Waals surface area contributed by atoms with Crippen molar-refractivity contribution in [2.75, 3.05) is 7.11 Å². The number of carbonyl (C=O) groups is 5. The summed E-state index contributed by atoms with van der Waals surface area (Å²) >= 11 is 6.07. The number of ether oxygens (including phenoxy) is 1. The Labute approximate surface area is 324 Å². The molecule has 0 aliphatic carbocycles. The smallest absolute Gasteiger partial charge is 0.490 e. The van der Waals surface area contributed by atoms with Gasteiger partial charge in [0.2, 0.25) is 17.7 Å². The third-order valence-corrected chi connectivity index (χ3v) is 8.53. The number of ketones is 1. The summed E-state index contributed by atoms with van der Waals surface area (Å²) in [6.07, 6.45) is -10.3. The van der Waals surface area contributed by atoms with Crippen molar-refractivity contribution in [3.8, 4) is 5.75 Å². The van der Waals surface area contributed by atoms with Gasteiger partial charge < -0.3 is 31.5 Å². The van der Waals surface area contributed by atoms with E-state index >= 15 is 0 Å². The molecular weight excluding hydrogens is 774 g/mol. The molecule has 0 fully saturated rings. The molecule has 0 aliphatic rings. The number of carbonyl (C=O) groups excluding carboxylic acids is 4. The second-order valence-electron chi connectivity index (χ2n) is 13.2. The number of halogens is 7. The second-order valence-corrected chi connectivity index (χ2v) is 13.6. The number of benzene rings is 3. The summed E-state index contributed by atoms with van der Waals surface area (Å²) in [5.41, 5.74) is 8.13. The van der Waals surface area contributed by atoms with Gasteiger partial charge in [-0.05, 0) is 58.4 Å². The van der Waals surface area contributed by atoms with Crippen LogP contribution < -0.4 is 26.4 Å². The van der Waals surface area contributed by atoms with Gasteiger partial charge in [-0.15, -0.1) is 0 Å². The molecule has 0 saturated carbocycles. The Morgan fingerprint density at radius 1 is 0.696 bits per heavy atom. The lowest BCUT2D eigenvalue weighted by atomic mass is 9.87. The largest absolute Gasteiger partial charge is 0.497 e. The van der Waals surface area contributed by atoms with Crippen molar-refractivity contribution in [1.29, 1.82) is 0 Å². The maximum absolute atomic E-state index is 14.1. The molecule has 18 heteroatoms. The molecule has 0 heterocycles. The monoisotopic (exact) mass is 816 g/mol. The number of methoxy groups -OCH3 is 1. The van der Waals surface area contributed by atoms with E-state index in [0.717, 1.165) is 5.56 Å². The molecule has 11 nitrogen and oxygen atoms in total. The minimum atomic E-state index is -5.20. The summed E-state index contributed by atoms with van der Waals surface area (Å²) in [5.74, 6) is -8.53. The van der Waals surface area contributed by atoms with Crippen molar-refractivity contribution >= 4 is 41.1 Å². The first kappa shape index (κ1) is 47.0. The molecule has 56 heavy (non-hydrogen) atoms. The van der Waals surface area contributed by atoms with Gasteiger partial charge in [0.25, 0.3) is 5.78 Å². The van der Waals surface area contributed by atoms with Crippen LogP contribution in [-0.4, -0.2) is 66.1 Å². The topological polar surface area (TPSA) is 177 Å². The molecule has 0 saturated heterocycles. The molecule has 4 unspecified atom stereocenters. The summed E-state index contributed by atoms with van der Waals surface area (Å²) in [5, 5.41) is 15.3. The van der Waals surface area contributed by atoms with Crippen molar-refractivity contribution in [2.45, 2.75) is 77.1 Å². The van der Waals surface area contributed by atoms with E-state index in [0.29, 0.717) is 28.4 Å². The van der Waals surface area contributed by atoms with E-state index in [1.165, 1.54) is 45.2 Å². The van der Waals surface area contributed by atoms with E-state index in [-0.39, 0.29) is 17.9 Å². The number of Topliss-reactive ketones (excluding diaryl/α,β-unsaturated/α-hetero) is 1. The Bertz CT molecular complexity index is 1790. The first-order valence-corrected chi connectivity index (χ1v) is 17.4. The maximum Gasteiger partial charge on any atom is 0.490 e. The van der Waals surface area contributed by atoms with Crippen molar-refractivity contribution < 1.29 is 60.2 Å². The van der Waals surface area contributed by atoms with Crippen LogP contribution >= 0.6 is 11.6 Å². The van der Waals surface area contributed by atoms with Gasteiger partial charge in [-0.1, -0.05) is 87.8 Å². The molecule has 306 valence electrons. The fraction of sp³-hybridized carbons (Fsp3) is 0.395. The Hall–Kier alpha value is -5.16. The maximum atomic E-state index is 14.1. The van der Waals surface area contributed by atoms with Crippen molar-refractivity contribution in [1.82, 2.24) is 16.0 Å². The van der Waals surface area contributed by atoms with Crippen molar-refractivity contribution in [3.05, 3.63) is 100 Å². The van der Waals surface area contributed by atoms with E-state index in [2.05, 4.69) is 16.0 Å². The van der Waals surface area contributed by atoms with E-state index in [4.69, 9.17) is 32.0 Å². The molecule has 3 amide bonds. The summed E-state index contributed by atoms with van der Waals surface area (Å²) in [6.45, 7) is 6.74. The minimum Gasteiger partial charge on any atom is -0.497 e. The molecule has 0 spiro atoms. The van der Waals surface area contributed by atoms with E-state index < -0.39 is 71.8 Å². The minimum absolute atomic E-state index is 0.00594. The Kier molecular flexibility index (Phi) is 17.3. The average Bonchev–Trinajstić information content (AvgIpc) is 3.12. The number of nitrogens with one attached hydrogen (secondary N) is 3. The molecule has 3 rings (SSSR count). The SMILES string of the molecule is COc1ccc(C(NC(=O)C(Cc2ccc(CN)cc2)NC(=O)C(c2ccc(Cl)cc2)C(C)C)C(=O)NC(C(=O)C(F)(F)F)C(C)C)cc1.O=C(O)C(F)(F)F. The Balaban J connectivity index is 0.00000141. The van der Waals surface area contributed by atoms with Crippen LogP contribution in [-0.2, 0) is 36.9 Å². The molecule has 4 atom stereocenters. The number of hydrogen-bond donors (Lipinski definition) is 5. The number of nitrogens with two attached hydrogens (primary N) is 1. The van der Waals surface area contributed by atoms with Crippen LogP contribution in [0.1, 0.15) is 61.9 Å². The lowest BCUT2D eigenvalue weighted by Crippen LogP contribution is -2.55. The van der Waals surface area contributed by atoms with Crippen LogP contribution in [0.15, 0.2) is 72.8 Å². The number of rotatable bonds is 15. The molecule has 0 bridgehead atoms. The number of carboxylic acid groups (broad SMARTS) is 1. The molecule has 0 radical (unpaired) electrons. The first-order valence-electron chi connectivity index (χ1n) is 17.0. The fourth-order valence-electron chi connectivity index (χ4n) is 5.31. The lowest BCUT2D eigenvalue weighted by molar-refractivity contribution is -0.192. The second kappa shape index (κ2) is 20.7. The molecule has 6 N–H and O–H groups in total. The molecule has 0 aromatic heterocycles. The fourth-order valence-corrected chi connectivity index (χ4v) is 5.44. The Morgan fingerprint density at radius 3 is 1.62 bits per heavy atom. The van der Waals surface area contributed by atoms with Gasteiger partial charge >= 0.3 is 18.3 Å². The van der Waals surface area contributed by atoms with Crippen LogP contribution in [0.3, 0.4) is 0 Å². The average molecular weight is 817 g/mol. The molecular formula is C38H43ClF6N4O7. The van der Waals surface area contributed by atoms with Gasteiger partial charge in [0.15, 0.2) is 0 Å². The Morgan fingerprint density at radius 2 is 1.20 bits per heavy atom. The predicted molar refractivity (Wildman–Crippen MR) is 194 cm³/mol. The van der Waals surface area contributed by atoms with Crippen LogP contribution in [0, 0.1) is 11.8 Å². The molecule has 3 aromatic rings. The summed E-state index contributed by atoms with van der Waals surface area (Å²) < 4.78 is 77.2. The summed E-state index contributed by atoms with van der Waals surface area (Å²) in [6, 6.07) is 15.2. The highest BCUT2D eigenvalue weighted by Crippen LogP contribution is 2.27. The zero-order valence-electron chi connectivity index (χ0n) is 30.9. The van der Waals surface area contributed by atoms with E-state index in [1.54, 1.807) is 48.5 Å². The number of carboxylic acids is 1. The zero-order valence-corrected chi connectivity index (χ0v) is 31.7. The van der Waals surface area contributed by atoms with Gasteiger partial charge in [-0.2, -0.15) is 26.3 Å². The van der Waals surface area contributed by atoms with Crippen LogP contribution in [0.4, 0.5) is 26.3 Å². The van der Waals surface area contributed by atoms with Gasteiger partial charge in [0, 0.05) is 18.0 Å². The quantitative estimate of drug-likeness (QED) is 0.115. The third kappa shape index (κ3) is 14.2. The van der Waals surface area contributed by atoms with E-state index in [9.17, 15) is 45.5 Å². The normalized spacial score (nSPS) is 13.7. The van der Waals surface area contributed by atoms with Crippen molar-refractivity contribution in [3.63, 3.8) is 0 Å². The number of aliphatic carboxylic acids is 1. The molecule has 3 aromatic carbocycles. The highest BCUT2D eigenvalue weighted by Gasteiger charge is 2.46. The lowest BCUT2D eigenvalue weighted by Gasteiger charge is -2.28. The highest BCUT2D eigenvalue weighted by atomic mass is 35.5. The number of alkyl halides is 6. The van der Waals surface area contributed by atoms with Crippen LogP contribution in [0.5, 0.6) is 5.75 Å². The zero-order chi connectivity index (χ0) is 42.5. The summed E-state index contributed by atoms with van der Waals surface area (Å²) in [4.78, 5) is 62.7. The van der Waals surface area contributed by atoms with Crippen LogP contribution in [0.25, 0.3) is 0 Å². The molecule has 0 aliphatic heterocycles. The standard InChI is InChI=1S/C36H42ClF3N4O5.C2HF3O2/c1-20(2)29(24-10-14-26(37)15-11-24)34(47)42-28(18-22-6-8-23(19-41)9-7-22)33(46)44-31(25-12-16-27(49-5)17-13-25)35(48)43-30(21(3)4)32(45)36(38,39)40;3-2(4,5)1(6)7/h6-17,20-21,28-31H,18-19,41H2,1-5H3,(H,42,47)(H,43,48)(H,44,46);(H,6,7). The first-order chi connectivity index (χ1) is 26.0. The van der Waals surface area contributed by atoms with Crippen molar-refractivity contribution in [2.24, 2.45) is 17.6 Å². The van der Waals surface area contributed by atoms with E-state index in [1.807, 2.05) is 13.8 Å². The number of hydrogen-bond acceptors (Lipinski definition) is 7. The van der Waals surface area contributed by atoms with Gasteiger partial charge in [-0.25, -0.2) is 4.79 Å². The highest BCUT2D eigenvalue weighted by molar-refractivity contribution is 6.30.